The van der Waals surface area contributed by atoms with Gasteiger partial charge in [-0.05, 0) is 48.4 Å². The van der Waals surface area contributed by atoms with Crippen LogP contribution in [0.3, 0.4) is 0 Å². The number of hydrogen-bond donors (Lipinski definition) is 12. The summed E-state index contributed by atoms with van der Waals surface area (Å²) in [5, 5.41) is 35.3. The molecule has 6 rings (SSSR count). The molecule has 2 aromatic heterocycles. The van der Waals surface area contributed by atoms with E-state index in [-0.39, 0.29) is 51.1 Å². The smallest absolute Gasteiger partial charge is 0.326 e. The van der Waals surface area contributed by atoms with Crippen molar-refractivity contribution in [2.45, 2.75) is 107 Å². The van der Waals surface area contributed by atoms with Gasteiger partial charge in [-0.1, -0.05) is 50.2 Å². The third-order valence-electron chi connectivity index (χ3n) is 12.5. The molecule has 0 bridgehead atoms. The minimum atomic E-state index is -1.37. The standard InChI is InChI=1S/C47H62N12O11/c1-24(2)14-34(56-42(64)36(19-48)57-43(65)37-12-7-13-58(37)45(67)30(49)18-39(50)61)46(68)59-23-27(60)17-38(59)44(66)55-33(15-25-20-51-31-10-5-3-8-28(25)31)41(63)53-22-40(62)54-35(47(69)70)16-26-21-52-32-11-6-4-9-29(26)32/h3-6,8-11,20-21,24,27,30,33-38,51-52,60H,7,12-19,22-23,48-49H2,1-2H3,(H2,50,61)(H,53,63)(H,54,62)(H,55,66)(H,56,64)(H,57,65)(H,69,70)/t27-,30+,33+,34+,35+,36+,37+,38+/m1/s1. The van der Waals surface area contributed by atoms with Crippen molar-refractivity contribution >= 4 is 75.0 Å². The number of hydrogen-bond acceptors (Lipinski definition) is 12. The van der Waals surface area contributed by atoms with Crippen molar-refractivity contribution in [1.82, 2.24) is 46.4 Å². The third-order valence-corrected chi connectivity index (χ3v) is 12.5. The minimum absolute atomic E-state index is 0.0488. The highest BCUT2D eigenvalue weighted by Crippen LogP contribution is 2.24. The first kappa shape index (κ1) is 52.0. The number of carbonyl (C=O) groups is 9. The predicted octanol–water partition coefficient (Wildman–Crippen LogP) is -2.27. The molecule has 8 amide bonds. The normalized spacial score (nSPS) is 19.0. The molecule has 0 radical (unpaired) electrons. The van der Waals surface area contributed by atoms with E-state index >= 15 is 0 Å². The average Bonchev–Trinajstić information content (AvgIpc) is 4.15. The molecule has 23 nitrogen and oxygen atoms in total. The highest BCUT2D eigenvalue weighted by atomic mass is 16.4. The van der Waals surface area contributed by atoms with E-state index in [2.05, 4.69) is 36.6 Å². The SMILES string of the molecule is CC(C)C[C@H](NC(=O)[C@H](CN)NC(=O)[C@@H]1CCCN1C(=O)[C@@H](N)CC(N)=O)C(=O)N1C[C@H](O)C[C@H]1C(=O)N[C@@H](Cc1c[nH]c2ccccc12)C(=O)NCC(=O)N[C@@H](Cc1c[nH]c2ccccc12)C(=O)O. The summed E-state index contributed by atoms with van der Waals surface area (Å²) in [6, 6.07) is 5.61. The molecule has 70 heavy (non-hydrogen) atoms. The van der Waals surface area contributed by atoms with Gasteiger partial charge in [-0.3, -0.25) is 38.4 Å². The summed E-state index contributed by atoms with van der Waals surface area (Å²) in [4.78, 5) is 128. The van der Waals surface area contributed by atoms with Crippen LogP contribution in [0, 0.1) is 5.92 Å². The van der Waals surface area contributed by atoms with Gasteiger partial charge < -0.3 is 73.8 Å². The van der Waals surface area contributed by atoms with Crippen molar-refractivity contribution in [3.63, 3.8) is 0 Å². The number of nitrogens with two attached hydrogens (primary N) is 3. The number of amides is 8. The fourth-order valence-corrected chi connectivity index (χ4v) is 9.04. The highest BCUT2D eigenvalue weighted by molar-refractivity contribution is 5.98. The van der Waals surface area contributed by atoms with Crippen molar-refractivity contribution < 1.29 is 53.4 Å². The van der Waals surface area contributed by atoms with E-state index in [1.165, 1.54) is 4.90 Å². The Kier molecular flexibility index (Phi) is 17.3. The molecule has 0 saturated carbocycles. The second-order valence-corrected chi connectivity index (χ2v) is 18.2. The van der Waals surface area contributed by atoms with E-state index < -0.39 is 121 Å². The number of likely N-dealkylation sites (tertiary alicyclic amines) is 2. The number of carbonyl (C=O) groups excluding carboxylic acids is 8. The lowest BCUT2D eigenvalue weighted by molar-refractivity contribution is -0.143. The molecular weight excluding hydrogens is 909 g/mol. The molecule has 2 aromatic carbocycles. The Morgan fingerprint density at radius 1 is 0.743 bits per heavy atom. The van der Waals surface area contributed by atoms with Crippen LogP contribution in [0.1, 0.15) is 57.1 Å². The fourth-order valence-electron chi connectivity index (χ4n) is 9.04. The quantitative estimate of drug-likeness (QED) is 0.0396. The number of aromatic amines is 2. The average molecular weight is 971 g/mol. The van der Waals surface area contributed by atoms with E-state index in [1.807, 2.05) is 36.4 Å². The number of para-hydroxylation sites is 2. The fraction of sp³-hybridized carbons (Fsp3) is 0.468. The maximum atomic E-state index is 14.4. The van der Waals surface area contributed by atoms with Crippen molar-refractivity contribution in [3.05, 3.63) is 72.1 Å². The lowest BCUT2D eigenvalue weighted by Crippen LogP contribution is -2.60. The number of aromatic nitrogens is 2. The number of H-pyrrole nitrogens is 2. The number of benzene rings is 2. The number of rotatable bonds is 22. The topological polar surface area (TPSA) is 370 Å². The van der Waals surface area contributed by atoms with Crippen LogP contribution in [0.2, 0.25) is 0 Å². The van der Waals surface area contributed by atoms with Crippen molar-refractivity contribution in [3.8, 4) is 0 Å². The Bertz CT molecular complexity index is 2600. The summed E-state index contributed by atoms with van der Waals surface area (Å²) < 4.78 is 0. The molecule has 2 fully saturated rings. The molecule has 0 unspecified atom stereocenters. The maximum absolute atomic E-state index is 14.4. The Balaban J connectivity index is 1.14. The molecule has 2 aliphatic rings. The molecule has 15 N–H and O–H groups in total. The van der Waals surface area contributed by atoms with Crippen LogP contribution < -0.4 is 43.8 Å². The number of carboxylic acids is 1. The molecule has 376 valence electrons. The van der Waals surface area contributed by atoms with Crippen molar-refractivity contribution in [2.24, 2.45) is 23.1 Å². The summed E-state index contributed by atoms with van der Waals surface area (Å²) in [7, 11) is 0. The van der Waals surface area contributed by atoms with Crippen LogP contribution in [-0.4, -0.2) is 158 Å². The molecular formula is C47H62N12O11. The van der Waals surface area contributed by atoms with Gasteiger partial charge in [-0.2, -0.15) is 0 Å². The third kappa shape index (κ3) is 12.8. The first-order chi connectivity index (χ1) is 33.3. The monoisotopic (exact) mass is 970 g/mol. The van der Waals surface area contributed by atoms with E-state index in [0.29, 0.717) is 17.5 Å². The van der Waals surface area contributed by atoms with Gasteiger partial charge in [0.1, 0.15) is 36.3 Å². The number of β-amino-alcohol motifs (C(OH)–C–C–N with tert-alkyl or cyclic N) is 1. The lowest BCUT2D eigenvalue weighted by Gasteiger charge is -2.31. The summed E-state index contributed by atoms with van der Waals surface area (Å²) in [5.74, 6) is -7.61. The lowest BCUT2D eigenvalue weighted by atomic mass is 10.0. The van der Waals surface area contributed by atoms with Crippen molar-refractivity contribution in [1.29, 1.82) is 0 Å². The number of aliphatic carboxylic acids is 1. The molecule has 4 aromatic rings. The van der Waals surface area contributed by atoms with Gasteiger partial charge in [0.15, 0.2) is 0 Å². The molecule has 2 saturated heterocycles. The number of fused-ring (bicyclic) bond motifs is 2. The van der Waals surface area contributed by atoms with Crippen LogP contribution in [-0.2, 0) is 56.0 Å². The molecule has 4 heterocycles. The van der Waals surface area contributed by atoms with E-state index in [0.717, 1.165) is 26.7 Å². The Morgan fingerprint density at radius 2 is 1.33 bits per heavy atom. The molecule has 0 aliphatic carbocycles. The second-order valence-electron chi connectivity index (χ2n) is 18.2. The number of primary amides is 1. The summed E-state index contributed by atoms with van der Waals surface area (Å²) >= 11 is 0. The largest absolute Gasteiger partial charge is 0.480 e. The Hall–Kier alpha value is -7.37. The van der Waals surface area contributed by atoms with E-state index in [4.69, 9.17) is 17.2 Å². The highest BCUT2D eigenvalue weighted by Gasteiger charge is 2.44. The van der Waals surface area contributed by atoms with Gasteiger partial charge >= 0.3 is 5.97 Å². The maximum Gasteiger partial charge on any atom is 0.326 e. The zero-order chi connectivity index (χ0) is 50.8. The predicted molar refractivity (Wildman–Crippen MR) is 254 cm³/mol. The van der Waals surface area contributed by atoms with Crippen LogP contribution >= 0.6 is 0 Å². The second kappa shape index (κ2) is 23.3. The first-order valence-corrected chi connectivity index (χ1v) is 23.2. The number of aliphatic hydroxyl groups is 1. The Morgan fingerprint density at radius 3 is 1.91 bits per heavy atom. The summed E-state index contributed by atoms with van der Waals surface area (Å²) in [5.41, 5.74) is 19.8. The summed E-state index contributed by atoms with van der Waals surface area (Å²) in [6.45, 7) is 2.43. The van der Waals surface area contributed by atoms with Gasteiger partial charge in [0.25, 0.3) is 0 Å². The van der Waals surface area contributed by atoms with Crippen LogP contribution in [0.5, 0.6) is 0 Å². The number of nitrogens with one attached hydrogen (secondary N) is 7. The van der Waals surface area contributed by atoms with Gasteiger partial charge in [-0.15, -0.1) is 0 Å². The number of nitrogens with zero attached hydrogens (tertiary/aromatic N) is 2. The zero-order valence-electron chi connectivity index (χ0n) is 38.9. The molecule has 8 atom stereocenters. The minimum Gasteiger partial charge on any atom is -0.480 e. The zero-order valence-corrected chi connectivity index (χ0v) is 38.9. The van der Waals surface area contributed by atoms with E-state index in [9.17, 15) is 53.4 Å². The van der Waals surface area contributed by atoms with E-state index in [1.54, 1.807) is 38.4 Å². The first-order valence-electron chi connectivity index (χ1n) is 23.2. The van der Waals surface area contributed by atoms with Crippen LogP contribution in [0.25, 0.3) is 21.8 Å². The molecule has 2 aliphatic heterocycles. The van der Waals surface area contributed by atoms with Gasteiger partial charge in [-0.25, -0.2) is 4.79 Å². The van der Waals surface area contributed by atoms with Crippen LogP contribution in [0.15, 0.2) is 60.9 Å². The van der Waals surface area contributed by atoms with Crippen LogP contribution in [0.4, 0.5) is 0 Å². The van der Waals surface area contributed by atoms with Gasteiger partial charge in [0.2, 0.25) is 47.3 Å². The van der Waals surface area contributed by atoms with Gasteiger partial charge in [0, 0.05) is 73.1 Å². The van der Waals surface area contributed by atoms with Crippen molar-refractivity contribution in [2.75, 3.05) is 26.2 Å². The molecule has 0 spiro atoms. The van der Waals surface area contributed by atoms with Gasteiger partial charge in [0.05, 0.1) is 25.1 Å². The molecule has 23 heteroatoms. The Labute approximate surface area is 402 Å². The number of aliphatic hydroxyl groups excluding tert-OH is 1. The number of carboxylic acid groups (broad SMARTS) is 1. The summed E-state index contributed by atoms with van der Waals surface area (Å²) in [6.07, 6.45) is 2.14.